The molecule has 296 valence electrons. The number of carbonyl (C=O) groups is 2. The van der Waals surface area contributed by atoms with Gasteiger partial charge in [-0.15, -0.1) is 0 Å². The predicted molar refractivity (Wildman–Crippen MR) is 186 cm³/mol. The van der Waals surface area contributed by atoms with Crippen molar-refractivity contribution in [3.63, 3.8) is 0 Å². The Labute approximate surface area is 298 Å². The number of nitrogens with zero attached hydrogens (tertiary/aromatic N) is 1. The molecule has 0 unspecified atom stereocenters. The minimum atomic E-state index is -1.90. The number of aliphatic carboxylic acids is 1. The van der Waals surface area contributed by atoms with Crippen LogP contribution in [0.15, 0.2) is 0 Å². The first-order valence-electron chi connectivity index (χ1n) is 19.1. The quantitative estimate of drug-likeness (QED) is 0.0466. The zero-order valence-corrected chi connectivity index (χ0v) is 30.3. The molecule has 0 radical (unpaired) electrons. The maximum Gasteiger partial charge on any atom is 0.303 e. The molecule has 0 bridgehead atoms. The zero-order valence-electron chi connectivity index (χ0n) is 30.3. The summed E-state index contributed by atoms with van der Waals surface area (Å²) in [4.78, 5) is 25.5. The van der Waals surface area contributed by atoms with Gasteiger partial charge < -0.3 is 60.3 Å². The lowest BCUT2D eigenvalue weighted by Crippen LogP contribution is -2.61. The van der Waals surface area contributed by atoms with Crippen molar-refractivity contribution >= 4 is 11.9 Å². The van der Waals surface area contributed by atoms with Crippen molar-refractivity contribution in [2.24, 2.45) is 0 Å². The van der Waals surface area contributed by atoms with Gasteiger partial charge in [0.1, 0.15) is 48.8 Å². The van der Waals surface area contributed by atoms with Crippen molar-refractivity contribution in [1.82, 2.24) is 4.90 Å². The Morgan fingerprint density at radius 3 is 1.68 bits per heavy atom. The second-order valence-electron chi connectivity index (χ2n) is 13.8. The summed E-state index contributed by atoms with van der Waals surface area (Å²) in [5, 5.41) is 90.9. The summed E-state index contributed by atoms with van der Waals surface area (Å²) in [6, 6.07) is 0. The predicted octanol–water partition coefficient (Wildman–Crippen LogP) is 1.98. The number of aliphatic hydroxyl groups is 8. The molecule has 1 aliphatic heterocycles. The first-order chi connectivity index (χ1) is 24.0. The molecule has 9 N–H and O–H groups in total. The maximum atomic E-state index is 13.3. The van der Waals surface area contributed by atoms with E-state index in [2.05, 4.69) is 6.92 Å². The molecule has 1 heterocycles. The van der Waals surface area contributed by atoms with Crippen molar-refractivity contribution in [3.8, 4) is 0 Å². The van der Waals surface area contributed by atoms with Crippen LogP contribution in [0, 0.1) is 0 Å². The molecule has 1 saturated heterocycles. The molecule has 14 nitrogen and oxygen atoms in total. The number of amides is 1. The highest BCUT2D eigenvalue weighted by Crippen LogP contribution is 2.25. The monoisotopic (exact) mass is 723 g/mol. The third kappa shape index (κ3) is 18.9. The SMILES string of the molecule is CCCCCCCCCCCCCCCCCC(=O)N(CCCCCC(=O)O)C[C@H](O)[C@@H](O)[C@H](O[C@@H]1O[C@H](CO)[C@H](O)[C@H](O)[C@H]1O)[C@H](O)CO. The second-order valence-corrected chi connectivity index (χ2v) is 13.8. The molecule has 0 aromatic heterocycles. The van der Waals surface area contributed by atoms with E-state index in [0.29, 0.717) is 25.7 Å². The van der Waals surface area contributed by atoms with Crippen molar-refractivity contribution in [3.05, 3.63) is 0 Å². The van der Waals surface area contributed by atoms with Gasteiger partial charge in [-0.3, -0.25) is 9.59 Å². The summed E-state index contributed by atoms with van der Waals surface area (Å²) in [7, 11) is 0. The van der Waals surface area contributed by atoms with Crippen LogP contribution in [0.5, 0.6) is 0 Å². The standard InChI is InChI=1S/C36H69NO13/c1-2-3-4-5-6-7-8-9-10-11-12-13-14-15-17-20-29(42)37(22-19-16-18-21-30(43)44)23-26(40)31(45)35(27(41)24-38)50-36-34(48)33(47)32(46)28(25-39)49-36/h26-28,31-36,38-41,45-48H,2-25H2,1H3,(H,43,44)/t26-,27+,28+,31+,32-,33-,34+,35+,36-/m0/s1. The van der Waals surface area contributed by atoms with Gasteiger partial charge in [0.15, 0.2) is 6.29 Å². The average molecular weight is 724 g/mol. The number of hydrogen-bond donors (Lipinski definition) is 9. The lowest BCUT2D eigenvalue weighted by molar-refractivity contribution is -0.327. The van der Waals surface area contributed by atoms with Crippen LogP contribution >= 0.6 is 0 Å². The number of hydrogen-bond acceptors (Lipinski definition) is 12. The van der Waals surface area contributed by atoms with Crippen molar-refractivity contribution in [2.45, 2.75) is 190 Å². The van der Waals surface area contributed by atoms with Gasteiger partial charge in [0.25, 0.3) is 0 Å². The first-order valence-corrected chi connectivity index (χ1v) is 19.1. The lowest BCUT2D eigenvalue weighted by atomic mass is 9.98. The van der Waals surface area contributed by atoms with Crippen molar-refractivity contribution in [2.75, 3.05) is 26.3 Å². The van der Waals surface area contributed by atoms with Gasteiger partial charge in [-0.25, -0.2) is 0 Å². The second kappa shape index (κ2) is 28.1. The molecule has 0 aromatic carbocycles. The summed E-state index contributed by atoms with van der Waals surface area (Å²) in [5.74, 6) is -1.17. The number of rotatable bonds is 31. The van der Waals surface area contributed by atoms with Crippen LogP contribution < -0.4 is 0 Å². The fourth-order valence-corrected chi connectivity index (χ4v) is 6.27. The Balaban J connectivity index is 2.63. The highest BCUT2D eigenvalue weighted by atomic mass is 16.7. The molecular formula is C36H69NO13. The van der Waals surface area contributed by atoms with E-state index in [9.17, 15) is 50.4 Å². The molecule has 0 saturated carbocycles. The van der Waals surface area contributed by atoms with E-state index >= 15 is 0 Å². The van der Waals surface area contributed by atoms with E-state index in [-0.39, 0.29) is 31.8 Å². The fraction of sp³-hybridized carbons (Fsp3) is 0.944. The maximum absolute atomic E-state index is 13.3. The number of carboxylic acids is 1. The molecule has 0 aliphatic carbocycles. The Morgan fingerprint density at radius 2 is 1.18 bits per heavy atom. The number of carbonyl (C=O) groups excluding carboxylic acids is 1. The van der Waals surface area contributed by atoms with E-state index in [1.165, 1.54) is 75.5 Å². The first kappa shape index (κ1) is 46.6. The van der Waals surface area contributed by atoms with Crippen LogP contribution in [0.4, 0.5) is 0 Å². The van der Waals surface area contributed by atoms with E-state index in [1.807, 2.05) is 0 Å². The molecule has 1 fully saturated rings. The van der Waals surface area contributed by atoms with E-state index < -0.39 is 74.3 Å². The fourth-order valence-electron chi connectivity index (χ4n) is 6.27. The minimum Gasteiger partial charge on any atom is -0.481 e. The third-order valence-corrected chi connectivity index (χ3v) is 9.51. The highest BCUT2D eigenvalue weighted by molar-refractivity contribution is 5.76. The Morgan fingerprint density at radius 1 is 0.680 bits per heavy atom. The highest BCUT2D eigenvalue weighted by Gasteiger charge is 2.47. The van der Waals surface area contributed by atoms with Gasteiger partial charge in [0.05, 0.1) is 13.2 Å². The molecular weight excluding hydrogens is 654 g/mol. The lowest BCUT2D eigenvalue weighted by Gasteiger charge is -2.42. The molecule has 1 rings (SSSR count). The van der Waals surface area contributed by atoms with Crippen molar-refractivity contribution in [1.29, 1.82) is 0 Å². The molecule has 1 amide bonds. The van der Waals surface area contributed by atoms with Gasteiger partial charge in [0, 0.05) is 25.9 Å². The van der Waals surface area contributed by atoms with Crippen LogP contribution in [0.3, 0.4) is 0 Å². The Bertz CT molecular complexity index is 866. The minimum absolute atomic E-state index is 0.00949. The average Bonchev–Trinajstić information content (AvgIpc) is 3.10. The zero-order chi connectivity index (χ0) is 37.3. The largest absolute Gasteiger partial charge is 0.481 e. The molecule has 0 aromatic rings. The van der Waals surface area contributed by atoms with Gasteiger partial charge in [-0.1, -0.05) is 103 Å². The van der Waals surface area contributed by atoms with Crippen LogP contribution in [0.2, 0.25) is 0 Å². The van der Waals surface area contributed by atoms with Gasteiger partial charge in [-0.2, -0.15) is 0 Å². The number of aliphatic hydroxyl groups excluding tert-OH is 8. The molecule has 50 heavy (non-hydrogen) atoms. The number of carboxylic acid groups (broad SMARTS) is 1. The van der Waals surface area contributed by atoms with Gasteiger partial charge in [0.2, 0.25) is 5.91 Å². The van der Waals surface area contributed by atoms with Crippen LogP contribution in [0.1, 0.15) is 135 Å². The Kier molecular flexibility index (Phi) is 26.2. The summed E-state index contributed by atoms with van der Waals surface area (Å²) >= 11 is 0. The van der Waals surface area contributed by atoms with Crippen molar-refractivity contribution < 1.29 is 65.0 Å². The van der Waals surface area contributed by atoms with E-state index in [0.717, 1.165) is 19.3 Å². The van der Waals surface area contributed by atoms with Crippen LogP contribution in [-0.2, 0) is 19.1 Å². The molecule has 0 spiro atoms. The van der Waals surface area contributed by atoms with Crippen LogP contribution in [-0.4, -0.2) is 144 Å². The summed E-state index contributed by atoms with van der Waals surface area (Å²) < 4.78 is 10.8. The topological polar surface area (TPSA) is 238 Å². The molecule has 9 atom stereocenters. The molecule has 14 heteroatoms. The Hall–Kier alpha value is -1.46. The van der Waals surface area contributed by atoms with Crippen LogP contribution in [0.25, 0.3) is 0 Å². The normalized spacial score (nSPS) is 23.3. The molecule has 1 aliphatic rings. The third-order valence-electron chi connectivity index (χ3n) is 9.51. The smallest absolute Gasteiger partial charge is 0.303 e. The summed E-state index contributed by atoms with van der Waals surface area (Å²) in [6.07, 6.45) is 3.93. The van der Waals surface area contributed by atoms with E-state index in [1.54, 1.807) is 0 Å². The van der Waals surface area contributed by atoms with Gasteiger partial charge >= 0.3 is 5.97 Å². The summed E-state index contributed by atoms with van der Waals surface area (Å²) in [5.41, 5.74) is 0. The number of unbranched alkanes of at least 4 members (excludes halogenated alkanes) is 16. The summed E-state index contributed by atoms with van der Waals surface area (Å²) in [6.45, 7) is 0.409. The number of ether oxygens (including phenoxy) is 2. The van der Waals surface area contributed by atoms with E-state index in [4.69, 9.17) is 14.6 Å². The van der Waals surface area contributed by atoms with Gasteiger partial charge in [-0.05, 0) is 19.3 Å².